The molecular weight excluding hydrogens is 1290 g/mol. The van der Waals surface area contributed by atoms with Crippen molar-refractivity contribution in [1.29, 1.82) is 0 Å². The van der Waals surface area contributed by atoms with Crippen molar-refractivity contribution in [2.75, 3.05) is 0 Å². The van der Waals surface area contributed by atoms with Crippen molar-refractivity contribution in [3.05, 3.63) is 344 Å². The lowest BCUT2D eigenvalue weighted by Crippen LogP contribution is -2.29. The van der Waals surface area contributed by atoms with Gasteiger partial charge in [-0.1, -0.05) is 319 Å². The van der Waals surface area contributed by atoms with Gasteiger partial charge in [-0.15, -0.1) is 22.7 Å². The Morgan fingerprint density at radius 1 is 0.235 bits per heavy atom. The van der Waals surface area contributed by atoms with Gasteiger partial charge in [0.2, 0.25) is 0 Å². The third kappa shape index (κ3) is 10.1. The van der Waals surface area contributed by atoms with E-state index in [-0.39, 0.29) is 0 Å². The predicted molar refractivity (Wildman–Crippen MR) is 425 cm³/mol. The lowest BCUT2D eigenvalue weighted by atomic mass is 9.80. The van der Waals surface area contributed by atoms with Crippen LogP contribution in [0.2, 0.25) is 0 Å². The number of halogens is 1. The molecule has 0 saturated carbocycles. The molecule has 2 aliphatic carbocycles. The minimum Gasteiger partial charge on any atom is -0.423 e. The smallest absolute Gasteiger partial charge is 0.423 e. The minimum absolute atomic E-state index is 0.582. The molecule has 2 aromatic heterocycles. The van der Waals surface area contributed by atoms with Crippen LogP contribution in [0, 0.1) is 0 Å². The molecule has 0 amide bonds. The van der Waals surface area contributed by atoms with Crippen LogP contribution >= 0.6 is 38.6 Å². The van der Waals surface area contributed by atoms with Crippen molar-refractivity contribution in [3.8, 4) is 122 Å². The molecule has 0 fully saturated rings. The molecule has 0 bridgehead atoms. The van der Waals surface area contributed by atoms with Gasteiger partial charge in [0.05, 0.1) is 0 Å². The van der Waals surface area contributed by atoms with Crippen LogP contribution in [0.15, 0.2) is 344 Å². The summed E-state index contributed by atoms with van der Waals surface area (Å²) in [5, 5.41) is 28.8. The van der Waals surface area contributed by atoms with Crippen molar-refractivity contribution in [3.63, 3.8) is 0 Å². The first-order valence-corrected chi connectivity index (χ1v) is 35.5. The Bertz CT molecular complexity index is 6110. The zero-order valence-corrected chi connectivity index (χ0v) is 56.2. The van der Waals surface area contributed by atoms with E-state index in [4.69, 9.17) is 0 Å². The highest BCUT2D eigenvalue weighted by atomic mass is 79.9. The van der Waals surface area contributed by atoms with E-state index in [1.54, 1.807) is 17.4 Å². The van der Waals surface area contributed by atoms with Crippen molar-refractivity contribution >= 4 is 113 Å². The Morgan fingerprint density at radius 3 is 1.00 bits per heavy atom. The van der Waals surface area contributed by atoms with E-state index in [9.17, 15) is 10.0 Å². The van der Waals surface area contributed by atoms with Gasteiger partial charge >= 0.3 is 7.12 Å². The van der Waals surface area contributed by atoms with Gasteiger partial charge in [0.15, 0.2) is 0 Å². The van der Waals surface area contributed by atoms with Crippen LogP contribution in [0.4, 0.5) is 0 Å². The average Bonchev–Trinajstić information content (AvgIpc) is 1.53. The zero-order valence-electron chi connectivity index (χ0n) is 53.0. The second kappa shape index (κ2) is 24.9. The number of fused-ring (bicyclic) bond motifs is 12. The molecule has 6 heteroatoms. The van der Waals surface area contributed by atoms with E-state index in [0.29, 0.717) is 5.46 Å². The van der Waals surface area contributed by atoms with E-state index >= 15 is 0 Å². The largest absolute Gasteiger partial charge is 0.489 e. The average molecular weight is 1350 g/mol. The molecule has 0 unspecified atom stereocenters. The van der Waals surface area contributed by atoms with Crippen LogP contribution in [0.5, 0.6) is 0 Å². The Labute approximate surface area is 585 Å². The van der Waals surface area contributed by atoms with Gasteiger partial charge in [0.25, 0.3) is 0 Å². The molecule has 20 rings (SSSR count). The summed E-state index contributed by atoms with van der Waals surface area (Å²) in [5.74, 6) is 0. The second-order valence-electron chi connectivity index (χ2n) is 25.1. The molecule has 2 heterocycles. The van der Waals surface area contributed by atoms with Gasteiger partial charge in [-0.05, 0) is 191 Å². The molecule has 18 aromatic rings. The normalized spacial score (nSPS) is 11.6. The summed E-state index contributed by atoms with van der Waals surface area (Å²) in [5.41, 5.74) is 28.8. The Hall–Kier alpha value is -11.1. The highest BCUT2D eigenvalue weighted by Gasteiger charge is 2.32. The van der Waals surface area contributed by atoms with Crippen LogP contribution in [0.25, 0.3) is 184 Å². The quantitative estimate of drug-likeness (QED) is 0.149. The summed E-state index contributed by atoms with van der Waals surface area (Å²) in [4.78, 5) is 0. The Morgan fingerprint density at radius 2 is 0.551 bits per heavy atom. The standard InChI is InChI=1S/C46H28S.C34H21Br.C12H9BO2S/c1-3-12-29(13-4-1)40-28-39(31-26-24-30(25-27-31)34-19-11-20-36-35-18-7-8-23-41(35)47-46(34)36)43(33-14-5-2-6-15-33)45-38-22-10-17-32-16-9-21-37(42(32)38)44(40)45;35-26-19-17-23(18-20-26)29-21-30(22-9-3-1-4-10-22)33-27-15-7-13-24-14-8-16-28(31(24)27)34(33)32(29)25-11-5-2-6-12-25;14-13(15)10-6-3-5-9-8-4-1-2-7-11(8)16-12(9)10/h1-28H;1-21H;1-7,14-15H. The van der Waals surface area contributed by atoms with Gasteiger partial charge in [0, 0.05) is 39.4 Å². The van der Waals surface area contributed by atoms with Crippen LogP contribution in [0.3, 0.4) is 0 Å². The van der Waals surface area contributed by atoms with E-state index in [2.05, 4.69) is 319 Å². The maximum atomic E-state index is 9.31. The van der Waals surface area contributed by atoms with E-state index in [1.165, 1.54) is 174 Å². The minimum atomic E-state index is -1.41. The first kappa shape index (κ1) is 59.4. The fourth-order valence-electron chi connectivity index (χ4n) is 15.3. The molecule has 0 atom stereocenters. The lowest BCUT2D eigenvalue weighted by molar-refractivity contribution is 0.426. The fraction of sp³-hybridized carbons (Fsp3) is 0. The maximum Gasteiger partial charge on any atom is 0.489 e. The van der Waals surface area contributed by atoms with Crippen molar-refractivity contribution in [1.82, 2.24) is 0 Å². The second-order valence-corrected chi connectivity index (χ2v) is 28.2. The lowest BCUT2D eigenvalue weighted by Gasteiger charge is -2.21. The predicted octanol–water partition coefficient (Wildman–Crippen LogP) is 25.5. The summed E-state index contributed by atoms with van der Waals surface area (Å²) in [6.45, 7) is 0. The Kier molecular flexibility index (Phi) is 15.1. The molecule has 0 spiro atoms. The van der Waals surface area contributed by atoms with Crippen molar-refractivity contribution in [2.45, 2.75) is 0 Å². The summed E-state index contributed by atoms with van der Waals surface area (Å²) in [6.07, 6.45) is 0. The summed E-state index contributed by atoms with van der Waals surface area (Å²) in [7, 11) is -1.41. The van der Waals surface area contributed by atoms with Gasteiger partial charge in [0.1, 0.15) is 0 Å². The molecule has 0 aliphatic heterocycles. The third-order valence-electron chi connectivity index (χ3n) is 19.6. The van der Waals surface area contributed by atoms with E-state index in [0.717, 1.165) is 14.6 Å². The SMILES string of the molecule is Brc1ccc(-c2cc(-c3ccccc3)c3c(c2-c2ccccc2)-c2cccc4cccc-3c24)cc1.OB(O)c1cccc2c1sc1ccccc12.c1ccc(-c2cc(-c3ccc(-c4cccc5c4sc4ccccc45)cc3)c(-c3ccccc3)c3c2-c2cccc4cccc-3c24)cc1. The molecule has 98 heavy (non-hydrogen) atoms. The van der Waals surface area contributed by atoms with Crippen LogP contribution in [-0.4, -0.2) is 17.2 Å². The monoisotopic (exact) mass is 1350 g/mol. The molecule has 0 radical (unpaired) electrons. The van der Waals surface area contributed by atoms with Gasteiger partial charge in [-0.2, -0.15) is 0 Å². The van der Waals surface area contributed by atoms with Crippen LogP contribution in [-0.2, 0) is 0 Å². The van der Waals surface area contributed by atoms with Crippen molar-refractivity contribution < 1.29 is 10.0 Å². The topological polar surface area (TPSA) is 40.5 Å². The molecule has 2 aliphatic rings. The number of hydrogen-bond acceptors (Lipinski definition) is 4. The maximum absolute atomic E-state index is 9.31. The molecule has 2 N–H and O–H groups in total. The number of hydrogen-bond donors (Lipinski definition) is 2. The summed E-state index contributed by atoms with van der Waals surface area (Å²) >= 11 is 7.11. The number of rotatable bonds is 8. The Balaban J connectivity index is 0.000000119. The summed E-state index contributed by atoms with van der Waals surface area (Å²) in [6, 6.07) is 123. The van der Waals surface area contributed by atoms with Gasteiger partial charge in [-0.3, -0.25) is 0 Å². The summed E-state index contributed by atoms with van der Waals surface area (Å²) < 4.78 is 5.90. The fourth-order valence-corrected chi connectivity index (χ4v) is 18.1. The third-order valence-corrected chi connectivity index (χ3v) is 22.6. The van der Waals surface area contributed by atoms with E-state index < -0.39 is 7.12 Å². The van der Waals surface area contributed by atoms with Gasteiger partial charge in [-0.25, -0.2) is 0 Å². The highest BCUT2D eigenvalue weighted by Crippen LogP contribution is 2.59. The molecular formula is C92H58BBrO2S2. The zero-order chi connectivity index (χ0) is 65.4. The first-order chi connectivity index (χ1) is 48.4. The van der Waals surface area contributed by atoms with Crippen molar-refractivity contribution in [2.24, 2.45) is 0 Å². The molecule has 460 valence electrons. The van der Waals surface area contributed by atoms with E-state index in [1.807, 2.05) is 41.7 Å². The molecule has 16 aromatic carbocycles. The first-order valence-electron chi connectivity index (χ1n) is 33.1. The van der Waals surface area contributed by atoms with Crippen LogP contribution < -0.4 is 5.46 Å². The number of thiophene rings is 2. The van der Waals surface area contributed by atoms with Crippen LogP contribution in [0.1, 0.15) is 0 Å². The number of benzene rings is 16. The highest BCUT2D eigenvalue weighted by molar-refractivity contribution is 9.10. The molecule has 0 saturated heterocycles. The van der Waals surface area contributed by atoms with Gasteiger partial charge < -0.3 is 10.0 Å². The molecule has 2 nitrogen and oxygen atoms in total.